The van der Waals surface area contributed by atoms with Gasteiger partial charge in [-0.1, -0.05) is 6.07 Å². The van der Waals surface area contributed by atoms with E-state index in [1.807, 2.05) is 36.4 Å². The van der Waals surface area contributed by atoms with Gasteiger partial charge in [0.15, 0.2) is 6.61 Å². The molecule has 4 aromatic rings. The summed E-state index contributed by atoms with van der Waals surface area (Å²) in [5, 5.41) is 12.6. The molecule has 0 aliphatic heterocycles. The Morgan fingerprint density at radius 3 is 2.59 bits per heavy atom. The minimum absolute atomic E-state index is 0.106. The van der Waals surface area contributed by atoms with Crippen molar-refractivity contribution in [3.63, 3.8) is 0 Å². The SMILES string of the molecule is Cc1ccc2nc(-c3ccc(NC(=O)COc4ccc(C#N)cc4)cc3)sc2c1. The molecule has 0 radical (unpaired) electrons. The average molecular weight is 399 g/mol. The van der Waals surface area contributed by atoms with Gasteiger partial charge in [0.1, 0.15) is 10.8 Å². The Morgan fingerprint density at radius 2 is 1.86 bits per heavy atom. The zero-order chi connectivity index (χ0) is 20.2. The Kier molecular flexibility index (Phi) is 5.23. The van der Waals surface area contributed by atoms with Gasteiger partial charge in [-0.05, 0) is 73.2 Å². The predicted octanol–water partition coefficient (Wildman–Crippen LogP) is 5.16. The molecular weight excluding hydrogens is 382 g/mol. The second kappa shape index (κ2) is 8.13. The number of hydrogen-bond donors (Lipinski definition) is 1. The summed E-state index contributed by atoms with van der Waals surface area (Å²) >= 11 is 1.65. The van der Waals surface area contributed by atoms with E-state index in [0.29, 0.717) is 17.0 Å². The molecule has 0 bridgehead atoms. The van der Waals surface area contributed by atoms with Crippen LogP contribution in [-0.2, 0) is 4.79 Å². The summed E-state index contributed by atoms with van der Waals surface area (Å²) in [5.74, 6) is 0.290. The van der Waals surface area contributed by atoms with Crippen LogP contribution in [0.25, 0.3) is 20.8 Å². The van der Waals surface area contributed by atoms with Gasteiger partial charge in [0, 0.05) is 11.3 Å². The number of aryl methyl sites for hydroxylation is 1. The Morgan fingerprint density at radius 1 is 1.10 bits per heavy atom. The molecule has 1 N–H and O–H groups in total. The van der Waals surface area contributed by atoms with Crippen LogP contribution in [-0.4, -0.2) is 17.5 Å². The first-order chi connectivity index (χ1) is 14.1. The Labute approximate surface area is 172 Å². The van der Waals surface area contributed by atoms with E-state index in [-0.39, 0.29) is 12.5 Å². The van der Waals surface area contributed by atoms with Crippen molar-refractivity contribution in [2.45, 2.75) is 6.92 Å². The summed E-state index contributed by atoms with van der Waals surface area (Å²) in [7, 11) is 0. The monoisotopic (exact) mass is 399 g/mol. The van der Waals surface area contributed by atoms with Crippen LogP contribution >= 0.6 is 11.3 Å². The minimum atomic E-state index is -0.252. The molecular formula is C23H17N3O2S. The third kappa shape index (κ3) is 4.42. The van der Waals surface area contributed by atoms with Crippen molar-refractivity contribution < 1.29 is 9.53 Å². The third-order valence-electron chi connectivity index (χ3n) is 4.31. The molecule has 1 heterocycles. The van der Waals surface area contributed by atoms with Crippen molar-refractivity contribution in [1.82, 2.24) is 4.98 Å². The summed E-state index contributed by atoms with van der Waals surface area (Å²) in [6, 6.07) is 22.5. The number of ether oxygens (including phenoxy) is 1. The second-order valence-corrected chi connectivity index (χ2v) is 7.57. The van der Waals surface area contributed by atoms with E-state index < -0.39 is 0 Å². The molecule has 0 fully saturated rings. The fourth-order valence-electron chi connectivity index (χ4n) is 2.82. The maximum absolute atomic E-state index is 12.1. The molecule has 1 amide bonds. The number of amides is 1. The number of fused-ring (bicyclic) bond motifs is 1. The zero-order valence-electron chi connectivity index (χ0n) is 15.7. The Bertz CT molecular complexity index is 1210. The van der Waals surface area contributed by atoms with Crippen molar-refractivity contribution in [3.05, 3.63) is 77.9 Å². The summed E-state index contributed by atoms with van der Waals surface area (Å²) in [6.45, 7) is 1.96. The third-order valence-corrected chi connectivity index (χ3v) is 5.38. The van der Waals surface area contributed by atoms with Gasteiger partial charge in [0.25, 0.3) is 5.91 Å². The van der Waals surface area contributed by atoms with Crippen LogP contribution < -0.4 is 10.1 Å². The lowest BCUT2D eigenvalue weighted by molar-refractivity contribution is -0.118. The van der Waals surface area contributed by atoms with E-state index in [0.717, 1.165) is 20.8 Å². The van der Waals surface area contributed by atoms with Crippen molar-refractivity contribution in [3.8, 4) is 22.4 Å². The van der Waals surface area contributed by atoms with Crippen LogP contribution in [0.15, 0.2) is 66.7 Å². The Hall–Kier alpha value is -3.69. The number of anilines is 1. The lowest BCUT2D eigenvalue weighted by Crippen LogP contribution is -2.20. The van der Waals surface area contributed by atoms with Gasteiger partial charge in [-0.2, -0.15) is 5.26 Å². The van der Waals surface area contributed by atoms with Gasteiger partial charge in [0.2, 0.25) is 0 Å². The molecule has 1 aromatic heterocycles. The van der Waals surface area contributed by atoms with E-state index >= 15 is 0 Å². The van der Waals surface area contributed by atoms with Gasteiger partial charge in [-0.25, -0.2) is 4.98 Å². The van der Waals surface area contributed by atoms with Crippen LogP contribution in [0.1, 0.15) is 11.1 Å². The highest BCUT2D eigenvalue weighted by atomic mass is 32.1. The normalized spacial score (nSPS) is 10.5. The van der Waals surface area contributed by atoms with Crippen LogP contribution in [0, 0.1) is 18.3 Å². The number of nitriles is 1. The summed E-state index contributed by atoms with van der Waals surface area (Å²) in [6.07, 6.45) is 0. The Balaban J connectivity index is 1.38. The largest absolute Gasteiger partial charge is 0.484 e. The molecule has 0 spiro atoms. The molecule has 0 unspecified atom stereocenters. The van der Waals surface area contributed by atoms with Gasteiger partial charge in [-0.3, -0.25) is 4.79 Å². The number of rotatable bonds is 5. The maximum Gasteiger partial charge on any atom is 0.262 e. The van der Waals surface area contributed by atoms with E-state index in [2.05, 4.69) is 29.4 Å². The van der Waals surface area contributed by atoms with Crippen molar-refractivity contribution in [2.24, 2.45) is 0 Å². The average Bonchev–Trinajstić information content (AvgIpc) is 3.16. The molecule has 5 nitrogen and oxygen atoms in total. The number of nitrogens with one attached hydrogen (secondary N) is 1. The molecule has 0 saturated carbocycles. The fourth-order valence-corrected chi connectivity index (χ4v) is 3.89. The number of benzene rings is 3. The maximum atomic E-state index is 12.1. The molecule has 29 heavy (non-hydrogen) atoms. The van der Waals surface area contributed by atoms with E-state index in [1.165, 1.54) is 5.56 Å². The van der Waals surface area contributed by atoms with E-state index in [1.54, 1.807) is 35.6 Å². The highest BCUT2D eigenvalue weighted by molar-refractivity contribution is 7.21. The van der Waals surface area contributed by atoms with E-state index in [4.69, 9.17) is 10.00 Å². The van der Waals surface area contributed by atoms with Crippen molar-refractivity contribution in [1.29, 1.82) is 5.26 Å². The van der Waals surface area contributed by atoms with Crippen LogP contribution in [0.5, 0.6) is 5.75 Å². The molecule has 3 aromatic carbocycles. The first-order valence-electron chi connectivity index (χ1n) is 9.01. The van der Waals surface area contributed by atoms with Gasteiger partial charge in [-0.15, -0.1) is 11.3 Å². The number of hydrogen-bond acceptors (Lipinski definition) is 5. The molecule has 142 valence electrons. The quantitative estimate of drug-likeness (QED) is 0.503. The smallest absolute Gasteiger partial charge is 0.262 e. The number of carbonyl (C=O) groups excluding carboxylic acids is 1. The van der Waals surface area contributed by atoms with Gasteiger partial charge < -0.3 is 10.1 Å². The summed E-state index contributed by atoms with van der Waals surface area (Å²) < 4.78 is 6.61. The van der Waals surface area contributed by atoms with Gasteiger partial charge in [0.05, 0.1) is 21.8 Å². The van der Waals surface area contributed by atoms with Crippen molar-refractivity contribution in [2.75, 3.05) is 11.9 Å². The molecule has 4 rings (SSSR count). The highest BCUT2D eigenvalue weighted by Gasteiger charge is 2.08. The second-order valence-electron chi connectivity index (χ2n) is 6.54. The zero-order valence-corrected chi connectivity index (χ0v) is 16.5. The topological polar surface area (TPSA) is 75.0 Å². The number of thiazole rings is 1. The summed E-state index contributed by atoms with van der Waals surface area (Å²) in [5.41, 5.74) is 4.46. The number of nitrogens with zero attached hydrogens (tertiary/aromatic N) is 2. The van der Waals surface area contributed by atoms with Crippen LogP contribution in [0.4, 0.5) is 5.69 Å². The molecule has 0 saturated heterocycles. The molecule has 0 aliphatic rings. The summed E-state index contributed by atoms with van der Waals surface area (Å²) in [4.78, 5) is 16.8. The predicted molar refractivity (Wildman–Crippen MR) is 115 cm³/mol. The standard InChI is InChI=1S/C23H17N3O2S/c1-15-2-11-20-21(12-15)29-23(26-20)17-5-7-18(8-6-17)25-22(27)14-28-19-9-3-16(13-24)4-10-19/h2-12H,14H2,1H3,(H,25,27). The fraction of sp³-hybridized carbons (Fsp3) is 0.0870. The van der Waals surface area contributed by atoms with E-state index in [9.17, 15) is 4.79 Å². The van der Waals surface area contributed by atoms with Crippen LogP contribution in [0.2, 0.25) is 0 Å². The first kappa shape index (κ1) is 18.7. The lowest BCUT2D eigenvalue weighted by Gasteiger charge is -2.08. The van der Waals surface area contributed by atoms with Gasteiger partial charge >= 0.3 is 0 Å². The highest BCUT2D eigenvalue weighted by Crippen LogP contribution is 2.31. The lowest BCUT2D eigenvalue weighted by atomic mass is 10.2. The minimum Gasteiger partial charge on any atom is -0.484 e. The van der Waals surface area contributed by atoms with Crippen molar-refractivity contribution >= 4 is 33.1 Å². The number of aromatic nitrogens is 1. The van der Waals surface area contributed by atoms with Crippen LogP contribution in [0.3, 0.4) is 0 Å². The number of carbonyl (C=O) groups is 1. The molecule has 0 aliphatic carbocycles. The molecule has 0 atom stereocenters. The molecule has 6 heteroatoms. The first-order valence-corrected chi connectivity index (χ1v) is 9.83.